The van der Waals surface area contributed by atoms with Crippen molar-refractivity contribution in [2.75, 3.05) is 54.0 Å². The third-order valence-electron chi connectivity index (χ3n) is 3.90. The maximum atomic E-state index is 5.01. The molecule has 21 heavy (non-hydrogen) atoms. The average Bonchev–Trinajstić information content (AvgIpc) is 2.66. The first-order valence-electron chi connectivity index (χ1n) is 7.60. The Morgan fingerprint density at radius 1 is 1.29 bits per heavy atom. The van der Waals surface area contributed by atoms with Gasteiger partial charge >= 0.3 is 0 Å². The molecule has 1 N–H and O–H groups in total. The maximum absolute atomic E-state index is 5.01. The van der Waals surface area contributed by atoms with E-state index in [-0.39, 0.29) is 6.04 Å². The molecular formula is C15H27N5O. The van der Waals surface area contributed by atoms with Crippen LogP contribution >= 0.6 is 0 Å². The van der Waals surface area contributed by atoms with Gasteiger partial charge in [-0.25, -0.2) is 9.97 Å². The highest BCUT2D eigenvalue weighted by atomic mass is 16.5. The van der Waals surface area contributed by atoms with Crippen molar-refractivity contribution in [2.24, 2.45) is 0 Å². The van der Waals surface area contributed by atoms with Crippen LogP contribution in [0, 0.1) is 0 Å². The number of ether oxygens (including phenoxy) is 1. The molecule has 6 nitrogen and oxygen atoms in total. The van der Waals surface area contributed by atoms with Gasteiger partial charge < -0.3 is 15.0 Å². The highest BCUT2D eigenvalue weighted by Gasteiger charge is 2.24. The predicted molar refractivity (Wildman–Crippen MR) is 83.1 cm³/mol. The Morgan fingerprint density at radius 3 is 2.76 bits per heavy atom. The Kier molecular flexibility index (Phi) is 6.50. The zero-order valence-corrected chi connectivity index (χ0v) is 13.4. The molecule has 1 unspecified atom stereocenters. The van der Waals surface area contributed by atoms with E-state index in [0.29, 0.717) is 0 Å². The molecular weight excluding hydrogens is 266 g/mol. The van der Waals surface area contributed by atoms with Gasteiger partial charge in [-0.1, -0.05) is 0 Å². The van der Waals surface area contributed by atoms with Gasteiger partial charge in [0.15, 0.2) is 0 Å². The van der Waals surface area contributed by atoms with E-state index >= 15 is 0 Å². The summed E-state index contributed by atoms with van der Waals surface area (Å²) in [6.07, 6.45) is 5.06. The van der Waals surface area contributed by atoms with Crippen LogP contribution in [0.1, 0.15) is 23.9 Å². The topological polar surface area (TPSA) is 53.5 Å². The zero-order chi connectivity index (χ0) is 15.1. The van der Waals surface area contributed by atoms with Gasteiger partial charge in [-0.2, -0.15) is 0 Å². The summed E-state index contributed by atoms with van der Waals surface area (Å²) < 4.78 is 5.01. The Labute approximate surface area is 127 Å². The van der Waals surface area contributed by atoms with Crippen molar-refractivity contribution < 1.29 is 4.74 Å². The number of rotatable bonds is 6. The van der Waals surface area contributed by atoms with E-state index in [0.717, 1.165) is 50.7 Å². The first-order chi connectivity index (χ1) is 10.2. The summed E-state index contributed by atoms with van der Waals surface area (Å²) in [5.74, 6) is 0.923. The van der Waals surface area contributed by atoms with Gasteiger partial charge in [0.1, 0.15) is 5.82 Å². The fourth-order valence-electron chi connectivity index (χ4n) is 2.59. The molecule has 6 heteroatoms. The summed E-state index contributed by atoms with van der Waals surface area (Å²) >= 11 is 0. The fraction of sp³-hybridized carbons (Fsp3) is 0.733. The molecule has 1 fully saturated rings. The molecule has 0 aliphatic carbocycles. The van der Waals surface area contributed by atoms with Crippen LogP contribution in [-0.4, -0.2) is 73.8 Å². The van der Waals surface area contributed by atoms with Gasteiger partial charge in [0, 0.05) is 44.7 Å². The highest BCUT2D eigenvalue weighted by Crippen LogP contribution is 2.19. The molecule has 0 amide bonds. The number of nitrogens with zero attached hydrogens (tertiary/aromatic N) is 4. The summed E-state index contributed by atoms with van der Waals surface area (Å²) in [4.78, 5) is 13.9. The molecule has 0 spiro atoms. The summed E-state index contributed by atoms with van der Waals surface area (Å²) in [5, 5.41) is 3.30. The van der Waals surface area contributed by atoms with Crippen molar-refractivity contribution in [1.29, 1.82) is 0 Å². The third-order valence-corrected chi connectivity index (χ3v) is 3.90. The summed E-state index contributed by atoms with van der Waals surface area (Å²) in [6, 6.07) is 0.285. The average molecular weight is 293 g/mol. The van der Waals surface area contributed by atoms with E-state index in [4.69, 9.17) is 4.74 Å². The normalized spacial score (nSPS) is 21.4. The molecule has 1 atom stereocenters. The lowest BCUT2D eigenvalue weighted by atomic mass is 10.2. The molecule has 1 aromatic heterocycles. The van der Waals surface area contributed by atoms with E-state index in [1.54, 1.807) is 7.11 Å². The van der Waals surface area contributed by atoms with Gasteiger partial charge in [0.2, 0.25) is 0 Å². The minimum Gasteiger partial charge on any atom is -0.383 e. The Hall–Kier alpha value is -1.08. The monoisotopic (exact) mass is 293 g/mol. The summed E-state index contributed by atoms with van der Waals surface area (Å²) in [5.41, 5.74) is 1.11. The molecule has 2 heterocycles. The number of likely N-dealkylation sites (N-methyl/N-ethyl adjacent to an activating group) is 2. The van der Waals surface area contributed by atoms with Crippen LogP contribution in [-0.2, 0) is 11.3 Å². The van der Waals surface area contributed by atoms with Gasteiger partial charge in [-0.05, 0) is 33.6 Å². The Balaban J connectivity index is 1.93. The minimum atomic E-state index is 0.285. The molecule has 0 aromatic carbocycles. The van der Waals surface area contributed by atoms with Crippen molar-refractivity contribution in [2.45, 2.75) is 19.0 Å². The van der Waals surface area contributed by atoms with Crippen molar-refractivity contribution in [1.82, 2.24) is 25.1 Å². The minimum absolute atomic E-state index is 0.285. The van der Waals surface area contributed by atoms with Crippen molar-refractivity contribution in [3.05, 3.63) is 23.8 Å². The Bertz CT molecular complexity index is 411. The SMILES string of the molecule is COCCNCc1cnc(C2CN(C)CCCN2C)nc1. The molecule has 2 rings (SSSR count). The molecule has 0 radical (unpaired) electrons. The zero-order valence-electron chi connectivity index (χ0n) is 13.4. The molecule has 118 valence electrons. The smallest absolute Gasteiger partial charge is 0.146 e. The highest BCUT2D eigenvalue weighted by molar-refractivity contribution is 5.07. The number of nitrogens with one attached hydrogen (secondary N) is 1. The van der Waals surface area contributed by atoms with Gasteiger partial charge in [0.05, 0.1) is 12.6 Å². The van der Waals surface area contributed by atoms with Gasteiger partial charge in [0.25, 0.3) is 0 Å². The molecule has 1 saturated heterocycles. The van der Waals surface area contributed by atoms with E-state index in [9.17, 15) is 0 Å². The second-order valence-electron chi connectivity index (χ2n) is 5.73. The van der Waals surface area contributed by atoms with Crippen LogP contribution in [0.15, 0.2) is 12.4 Å². The lowest BCUT2D eigenvalue weighted by molar-refractivity contribution is 0.199. The quantitative estimate of drug-likeness (QED) is 0.772. The first kappa shape index (κ1) is 16.3. The van der Waals surface area contributed by atoms with Crippen LogP contribution in [0.2, 0.25) is 0 Å². The third kappa shape index (κ3) is 5.00. The van der Waals surface area contributed by atoms with Crippen molar-refractivity contribution in [3.63, 3.8) is 0 Å². The Morgan fingerprint density at radius 2 is 2.05 bits per heavy atom. The largest absolute Gasteiger partial charge is 0.383 e. The van der Waals surface area contributed by atoms with Crippen molar-refractivity contribution >= 4 is 0 Å². The lowest BCUT2D eigenvalue weighted by Gasteiger charge is -2.26. The van der Waals surface area contributed by atoms with E-state index in [2.05, 4.69) is 39.2 Å². The maximum Gasteiger partial charge on any atom is 0.146 e. The summed E-state index contributed by atoms with van der Waals surface area (Å²) in [7, 11) is 6.04. The molecule has 0 bridgehead atoms. The van der Waals surface area contributed by atoms with Crippen LogP contribution < -0.4 is 5.32 Å². The molecule has 1 aliphatic rings. The first-order valence-corrected chi connectivity index (χ1v) is 7.60. The van der Waals surface area contributed by atoms with Gasteiger partial charge in [-0.15, -0.1) is 0 Å². The van der Waals surface area contributed by atoms with E-state index < -0.39 is 0 Å². The van der Waals surface area contributed by atoms with Crippen LogP contribution in [0.4, 0.5) is 0 Å². The molecule has 0 saturated carbocycles. The van der Waals surface area contributed by atoms with Crippen molar-refractivity contribution in [3.8, 4) is 0 Å². The van der Waals surface area contributed by atoms with Crippen LogP contribution in [0.25, 0.3) is 0 Å². The number of hydrogen-bond donors (Lipinski definition) is 1. The second kappa shape index (κ2) is 8.38. The summed E-state index contributed by atoms with van der Waals surface area (Å²) in [6.45, 7) is 5.57. The number of methoxy groups -OCH3 is 1. The molecule has 1 aliphatic heterocycles. The standard InChI is InChI=1S/C15H27N5O/c1-19-6-4-7-20(2)14(12-19)15-17-10-13(11-18-15)9-16-5-8-21-3/h10-11,14,16H,4-9,12H2,1-3H3. The van der Waals surface area contributed by atoms with E-state index in [1.807, 2.05) is 12.4 Å². The predicted octanol–water partition coefficient (Wildman–Crippen LogP) is 0.521. The van der Waals surface area contributed by atoms with Gasteiger partial charge in [-0.3, -0.25) is 4.90 Å². The fourth-order valence-corrected chi connectivity index (χ4v) is 2.59. The number of aromatic nitrogens is 2. The van der Waals surface area contributed by atoms with E-state index in [1.165, 1.54) is 6.42 Å². The number of hydrogen-bond acceptors (Lipinski definition) is 6. The lowest BCUT2D eigenvalue weighted by Crippen LogP contribution is -2.32. The molecule has 1 aromatic rings. The second-order valence-corrected chi connectivity index (χ2v) is 5.73. The van der Waals surface area contributed by atoms with Crippen LogP contribution in [0.5, 0.6) is 0 Å². The van der Waals surface area contributed by atoms with Crippen LogP contribution in [0.3, 0.4) is 0 Å².